The number of carbonyl (C=O) groups excluding carboxylic acids is 6. The molecule has 9 aromatic carbocycles. The van der Waals surface area contributed by atoms with Crippen LogP contribution in [0.3, 0.4) is 0 Å². The molecule has 132 heavy (non-hydrogen) atoms. The number of pyridine rings is 1. The minimum atomic E-state index is -4.56. The van der Waals surface area contributed by atoms with E-state index in [1.807, 2.05) is 85.2 Å². The summed E-state index contributed by atoms with van der Waals surface area (Å²) in [4.78, 5) is 100.0. The zero-order valence-electron chi connectivity index (χ0n) is 73.0. The number of hydrogen-bond donors (Lipinski definition) is 0. The van der Waals surface area contributed by atoms with E-state index < -0.39 is 55.7 Å². The molecule has 0 saturated heterocycles. The van der Waals surface area contributed by atoms with E-state index in [1.54, 1.807) is 41.1 Å². The van der Waals surface area contributed by atoms with Gasteiger partial charge in [0.25, 0.3) is 0 Å². The Hall–Kier alpha value is -10.0. The third-order valence-corrected chi connectivity index (χ3v) is 54.7. The number of halogens is 3. The van der Waals surface area contributed by atoms with Gasteiger partial charge >= 0.3 is 807 Å². The summed E-state index contributed by atoms with van der Waals surface area (Å²) in [6.07, 6.45) is 11.5. The van der Waals surface area contributed by atoms with Crippen LogP contribution in [0.5, 0.6) is 0 Å². The van der Waals surface area contributed by atoms with Gasteiger partial charge in [0.1, 0.15) is 0 Å². The third-order valence-electron chi connectivity index (χ3n) is 31.9. The summed E-state index contributed by atoms with van der Waals surface area (Å²) in [7, 11) is -6.24. The van der Waals surface area contributed by atoms with Crippen molar-refractivity contribution in [1.29, 1.82) is 0 Å². The van der Waals surface area contributed by atoms with Crippen LogP contribution in [0.1, 0.15) is 160 Å². The first kappa shape index (κ1) is 82.6. The van der Waals surface area contributed by atoms with Gasteiger partial charge in [-0.1, -0.05) is 0 Å². The number of rotatable bonds is 4. The van der Waals surface area contributed by atoms with Crippen molar-refractivity contribution in [3.8, 4) is 0 Å². The predicted octanol–water partition coefficient (Wildman–Crippen LogP) is 19.4. The fourth-order valence-electron chi connectivity index (χ4n) is 25.7. The summed E-state index contributed by atoms with van der Waals surface area (Å²) in [6.45, 7) is 18.0. The second kappa shape index (κ2) is 28.8. The Morgan fingerprint density at radius 2 is 0.697 bits per heavy atom. The van der Waals surface area contributed by atoms with Crippen LogP contribution in [0.15, 0.2) is 256 Å². The quantitative estimate of drug-likeness (QED) is 0.0955. The Bertz CT molecular complexity index is 7940. The number of anilines is 9. The Kier molecular flexibility index (Phi) is 18.0. The molecule has 10 nitrogen and oxygen atoms in total. The van der Waals surface area contributed by atoms with Crippen molar-refractivity contribution in [3.05, 3.63) is 342 Å². The second-order valence-corrected chi connectivity index (χ2v) is 65.1. The number of Topliss-reactive ketones (excluding diaryl/α,β-unsaturated/α-hetero) is 6. The van der Waals surface area contributed by atoms with Crippen LogP contribution in [0.4, 0.5) is 61.0 Å². The molecule has 13 heterocycles. The molecule has 0 N–H and O–H groups in total. The molecule has 1 spiro atoms. The average Bonchev–Trinajstić information content (AvgIpc) is 1.57. The third kappa shape index (κ3) is 11.2. The average molecular weight is 2170 g/mol. The number of hydrogen-bond acceptors (Lipinski definition) is 10. The van der Waals surface area contributed by atoms with Crippen LogP contribution in [0.2, 0.25) is 39.3 Å². The van der Waals surface area contributed by atoms with E-state index in [1.165, 1.54) is 127 Å². The number of benzene rings is 9. The van der Waals surface area contributed by atoms with Gasteiger partial charge in [-0.05, 0) is 0 Å². The number of ketones is 6. The van der Waals surface area contributed by atoms with Crippen molar-refractivity contribution < 1.29 is 41.9 Å². The number of aromatic nitrogens is 1. The summed E-state index contributed by atoms with van der Waals surface area (Å²) in [5.74, 6) is 1.92. The van der Waals surface area contributed by atoms with Gasteiger partial charge in [-0.15, -0.1) is 0 Å². The van der Waals surface area contributed by atoms with Crippen LogP contribution in [0.25, 0.3) is 47.2 Å². The molecule has 7 aliphatic carbocycles. The Labute approximate surface area is 799 Å². The van der Waals surface area contributed by atoms with Crippen molar-refractivity contribution in [2.24, 2.45) is 23.7 Å². The molecule has 0 amide bonds. The van der Waals surface area contributed by atoms with Crippen molar-refractivity contribution in [2.45, 2.75) is 108 Å². The number of carbonyl (C=O) groups is 6. The van der Waals surface area contributed by atoms with E-state index in [0.29, 0.717) is 71.0 Å². The van der Waals surface area contributed by atoms with Gasteiger partial charge in [-0.3, -0.25) is 0 Å². The van der Waals surface area contributed by atoms with E-state index in [4.69, 9.17) is 0 Å². The molecule has 29 rings (SSSR count). The molecule has 2 unspecified atom stereocenters. The fraction of sp³-hybridized carbons (Fsp3) is 0.191. The Balaban J connectivity index is 0.000000104. The minimum absolute atomic E-state index is 0.0200. The standard InChI is InChI=1S/C40H33NO2Se2Si.C37H26N2O2Se2Si.C33H22F3NO2Se2Si/c1-46(2)34-8-4-3-7-32(34)41-36-30(6-5-9-35(36)46)40(24-13-21-12-22(15-24)16-25(40)14-21)31-19-26(45-39(31)41)18-29-37(42)27-17-23-10-11-44-33(23)20-28(27)38(29)43;1-37(22-11-14-38-15-12-22)27-7-6-10-32-33(27)39(29-8-4-5-9-31(29)44(32,2)3)36-28(37)19-23(43-36)18-26-34(40)24-17-21-13-16-42-30(21)20-25(24)35(26)41;1-32(33(34,35)36)22-7-6-10-27-28(22)37(24-8-4-5-9-26(24)42(27,2)3)31-23(32)15-18(41-31)14-21-29(38)19-13-17-11-12-40-25(17)16-20(19)30(21)39/h3-11,17-22,24-25H,12-16H2,1-2H3;4-20H,1-3H3;4-16H,1-3H3/b29-18-;26-18-;21-14-. The van der Waals surface area contributed by atoms with Gasteiger partial charge in [0, 0.05) is 0 Å². The van der Waals surface area contributed by atoms with Crippen LogP contribution in [0, 0.1) is 23.7 Å². The van der Waals surface area contributed by atoms with Gasteiger partial charge in [0.2, 0.25) is 0 Å². The second-order valence-electron chi connectivity index (χ2n) is 39.5. The van der Waals surface area contributed by atoms with Crippen molar-refractivity contribution in [3.63, 3.8) is 0 Å². The van der Waals surface area contributed by atoms with Gasteiger partial charge in [-0.25, -0.2) is 0 Å². The maximum atomic E-state index is 15.3. The van der Waals surface area contributed by atoms with E-state index in [-0.39, 0.29) is 129 Å². The first-order chi connectivity index (χ1) is 63.5. The molecule has 4 fully saturated rings. The molecule has 646 valence electrons. The molecule has 22 heteroatoms. The number of fused-ring (bicyclic) bond motifs is 18. The summed E-state index contributed by atoms with van der Waals surface area (Å²) >= 11 is -0.137. The van der Waals surface area contributed by atoms with Crippen molar-refractivity contribution in [2.75, 3.05) is 14.7 Å². The van der Waals surface area contributed by atoms with Gasteiger partial charge in [-0.2, -0.15) is 0 Å². The predicted molar refractivity (Wildman–Crippen MR) is 537 cm³/mol. The molecular weight excluding hydrogens is 2090 g/mol. The molecule has 7 aromatic heterocycles. The summed E-state index contributed by atoms with van der Waals surface area (Å²) in [6, 6.07) is 73.9. The van der Waals surface area contributed by atoms with Crippen LogP contribution < -0.4 is 45.8 Å². The zero-order chi connectivity index (χ0) is 90.0. The normalized spacial score (nSPS) is 23.8. The van der Waals surface area contributed by atoms with E-state index in [9.17, 15) is 28.8 Å². The van der Waals surface area contributed by atoms with Crippen LogP contribution >= 0.6 is 0 Å². The molecule has 4 saturated carbocycles. The van der Waals surface area contributed by atoms with Gasteiger partial charge in [0.15, 0.2) is 0 Å². The number of para-hydroxylation sites is 6. The van der Waals surface area contributed by atoms with Crippen molar-refractivity contribution >= 4 is 272 Å². The van der Waals surface area contributed by atoms with Crippen LogP contribution in [-0.2, 0) is 16.2 Å². The molecule has 2 atom stereocenters. The summed E-state index contributed by atoms with van der Waals surface area (Å²) in [5, 5.41) is 11.3. The summed E-state index contributed by atoms with van der Waals surface area (Å²) in [5.41, 5.74) is 15.5. The number of allylic oxidation sites excluding steroid dienone is 3. The molecule has 16 aromatic rings. The zero-order valence-corrected chi connectivity index (χ0v) is 86.3. The van der Waals surface area contributed by atoms with Gasteiger partial charge < -0.3 is 0 Å². The van der Waals surface area contributed by atoms with Gasteiger partial charge in [0.05, 0.1) is 0 Å². The molecule has 13 aliphatic rings. The topological polar surface area (TPSA) is 125 Å². The SMILES string of the molecule is CC1(C(F)(F)F)c2cc(/C=C3/C(=O)c4cc5cc[se]c5cc4C3=O)[se]c2N2c3ccccc3[Si](C)(C)c3cccc1c32.CC1(c2ccncc2)c2cc(/C=C3/C(=O)c4cc5cc[se]c5cc4C3=O)[se]c2N2c3ccccc3[Si](C)(C)c3cccc1c32.C[Si]1(C)c2ccccc2N2c3[se]c(/C=C4/C(=O)c5cc6cc[se]c6cc5C4=O)cc3C3(c4cccc1c42)C1CC2CC(C1)CC3C2. The fourth-order valence-corrected chi connectivity index (χ4v) is 47.4. The van der Waals surface area contributed by atoms with Crippen molar-refractivity contribution in [1.82, 2.24) is 4.98 Å². The Morgan fingerprint density at radius 3 is 1.11 bits per heavy atom. The first-order valence-corrected chi connectivity index (χ1v) is 64.7. The summed E-state index contributed by atoms with van der Waals surface area (Å²) < 4.78 is 55.5. The number of alkyl halides is 3. The number of nitrogens with zero attached hydrogens (tertiary/aromatic N) is 4. The first-order valence-electron chi connectivity index (χ1n) is 45.0. The monoisotopic (exact) mass is 2170 g/mol. The Morgan fingerprint density at radius 1 is 0.364 bits per heavy atom. The molecule has 0 radical (unpaired) electrons. The molecule has 6 aliphatic heterocycles. The molecular formula is C110H81F3N4O6Se6Si3. The van der Waals surface area contributed by atoms with E-state index >= 15 is 13.2 Å². The van der Waals surface area contributed by atoms with E-state index in [0.717, 1.165) is 47.6 Å². The van der Waals surface area contributed by atoms with Crippen LogP contribution in [-0.4, -0.2) is 157 Å². The molecule has 4 bridgehead atoms. The maximum absolute atomic E-state index is 15.3. The van der Waals surface area contributed by atoms with E-state index in [2.05, 4.69) is 208 Å².